The lowest BCUT2D eigenvalue weighted by molar-refractivity contribution is -0.224. The third-order valence-corrected chi connectivity index (χ3v) is 7.53. The van der Waals surface area contributed by atoms with E-state index in [0.717, 1.165) is 30.9 Å². The first-order valence-electron chi connectivity index (χ1n) is 11.8. The lowest BCUT2D eigenvalue weighted by Gasteiger charge is -2.39. The van der Waals surface area contributed by atoms with E-state index in [1.54, 1.807) is 0 Å². The van der Waals surface area contributed by atoms with Crippen LogP contribution in [-0.4, -0.2) is 6.11 Å². The van der Waals surface area contributed by atoms with E-state index in [4.69, 9.17) is 4.74 Å². The van der Waals surface area contributed by atoms with Gasteiger partial charge in [0.2, 0.25) is 0 Å². The number of rotatable bonds is 8. The van der Waals surface area contributed by atoms with Crippen LogP contribution in [0.15, 0.2) is 12.1 Å². The monoisotopic (exact) mass is 428 g/mol. The van der Waals surface area contributed by atoms with Crippen LogP contribution in [0.3, 0.4) is 0 Å². The minimum atomic E-state index is -3.41. The Morgan fingerprint density at radius 2 is 1.40 bits per heavy atom. The molecule has 2 saturated carbocycles. The van der Waals surface area contributed by atoms with Gasteiger partial charge in [-0.25, -0.2) is 8.78 Å². The highest BCUT2D eigenvalue weighted by atomic mass is 19.3. The number of unbranched alkanes of at least 4 members (excludes halogenated alkanes) is 2. The van der Waals surface area contributed by atoms with E-state index >= 15 is 0 Å². The fourth-order valence-corrected chi connectivity index (χ4v) is 5.48. The zero-order valence-corrected chi connectivity index (χ0v) is 18.4. The van der Waals surface area contributed by atoms with E-state index in [-0.39, 0.29) is 5.56 Å². The molecule has 0 N–H and O–H groups in total. The van der Waals surface area contributed by atoms with E-state index in [1.807, 2.05) is 0 Å². The van der Waals surface area contributed by atoms with Gasteiger partial charge in [0.25, 0.3) is 0 Å². The number of benzene rings is 1. The Kier molecular flexibility index (Phi) is 8.09. The van der Waals surface area contributed by atoms with Gasteiger partial charge in [-0.2, -0.15) is 8.78 Å². The molecule has 0 amide bonds. The number of hydrogen-bond donors (Lipinski definition) is 0. The fourth-order valence-electron chi connectivity index (χ4n) is 5.48. The molecule has 0 atom stereocenters. The molecule has 0 saturated heterocycles. The minimum Gasteiger partial charge on any atom is -0.432 e. The number of alkyl halides is 2. The molecule has 2 aliphatic carbocycles. The van der Waals surface area contributed by atoms with Gasteiger partial charge in [-0.15, -0.1) is 0 Å². The van der Waals surface area contributed by atoms with E-state index < -0.39 is 29.4 Å². The van der Waals surface area contributed by atoms with Crippen molar-refractivity contribution in [3.63, 3.8) is 0 Å². The van der Waals surface area contributed by atoms with Crippen LogP contribution in [-0.2, 0) is 0 Å². The van der Waals surface area contributed by atoms with E-state index in [0.29, 0.717) is 24.7 Å². The topological polar surface area (TPSA) is 9.23 Å². The van der Waals surface area contributed by atoms with Crippen molar-refractivity contribution < 1.29 is 22.3 Å². The summed E-state index contributed by atoms with van der Waals surface area (Å²) in [5.41, 5.74) is -0.189. The summed E-state index contributed by atoms with van der Waals surface area (Å²) in [6.45, 7) is 3.51. The van der Waals surface area contributed by atoms with Gasteiger partial charge < -0.3 is 4.74 Å². The average Bonchev–Trinajstić information content (AvgIpc) is 2.72. The molecule has 170 valence electrons. The van der Waals surface area contributed by atoms with Crippen molar-refractivity contribution >= 4 is 0 Å². The molecule has 0 unspecified atom stereocenters. The summed E-state index contributed by atoms with van der Waals surface area (Å²) in [7, 11) is 0. The Balaban J connectivity index is 1.47. The summed E-state index contributed by atoms with van der Waals surface area (Å²) < 4.78 is 61.4. The van der Waals surface area contributed by atoms with Gasteiger partial charge in [0.15, 0.2) is 0 Å². The Hall–Kier alpha value is -1.26. The first-order valence-corrected chi connectivity index (χ1v) is 11.8. The van der Waals surface area contributed by atoms with E-state index in [9.17, 15) is 17.6 Å². The predicted octanol–water partition coefficient (Wildman–Crippen LogP) is 8.44. The van der Waals surface area contributed by atoms with Gasteiger partial charge in [0.05, 0.1) is 5.92 Å². The van der Waals surface area contributed by atoms with Crippen LogP contribution in [0.1, 0.15) is 89.5 Å². The Bertz CT molecular complexity index is 651. The molecule has 30 heavy (non-hydrogen) atoms. The lowest BCUT2D eigenvalue weighted by Crippen LogP contribution is -2.38. The van der Waals surface area contributed by atoms with Crippen molar-refractivity contribution in [1.82, 2.24) is 0 Å². The quantitative estimate of drug-likeness (QED) is 0.298. The van der Waals surface area contributed by atoms with Crippen LogP contribution in [0.25, 0.3) is 0 Å². The molecule has 1 aromatic carbocycles. The maximum absolute atomic E-state index is 14.7. The van der Waals surface area contributed by atoms with Crippen molar-refractivity contribution in [1.29, 1.82) is 0 Å². The van der Waals surface area contributed by atoms with Gasteiger partial charge in [0, 0.05) is 17.7 Å². The highest BCUT2D eigenvalue weighted by Gasteiger charge is 2.45. The number of halogens is 4. The molecule has 2 fully saturated rings. The summed E-state index contributed by atoms with van der Waals surface area (Å²) in [4.78, 5) is 0. The molecule has 1 aromatic rings. The van der Waals surface area contributed by atoms with E-state index in [1.165, 1.54) is 58.3 Å². The fraction of sp³-hybridized carbons (Fsp3) is 0.760. The average molecular weight is 429 g/mol. The third kappa shape index (κ3) is 5.91. The second kappa shape index (κ2) is 10.4. The second-order valence-electron chi connectivity index (χ2n) is 9.56. The summed E-state index contributed by atoms with van der Waals surface area (Å²) in [5, 5.41) is 0. The molecular weight excluding hydrogens is 392 g/mol. The SMILES string of the molecule is CCCCCC1CCC(C2CCC(C(F)(F)Oc3cc(F)c(C)c(F)c3)CC2)CC1. The minimum absolute atomic E-state index is 0.189. The van der Waals surface area contributed by atoms with Crippen molar-refractivity contribution in [3.05, 3.63) is 29.3 Å². The van der Waals surface area contributed by atoms with Gasteiger partial charge in [-0.1, -0.05) is 45.4 Å². The Labute approximate surface area is 178 Å². The van der Waals surface area contributed by atoms with Crippen molar-refractivity contribution in [3.8, 4) is 5.75 Å². The van der Waals surface area contributed by atoms with Crippen LogP contribution >= 0.6 is 0 Å². The second-order valence-corrected chi connectivity index (χ2v) is 9.56. The summed E-state index contributed by atoms with van der Waals surface area (Å²) >= 11 is 0. The molecule has 0 aromatic heterocycles. The zero-order chi connectivity index (χ0) is 21.7. The third-order valence-electron chi connectivity index (χ3n) is 7.53. The van der Waals surface area contributed by atoms with Crippen LogP contribution in [0.2, 0.25) is 0 Å². The van der Waals surface area contributed by atoms with E-state index in [2.05, 4.69) is 6.92 Å². The first kappa shape index (κ1) is 23.4. The van der Waals surface area contributed by atoms with Gasteiger partial charge in [-0.05, 0) is 63.2 Å². The molecule has 3 rings (SSSR count). The summed E-state index contributed by atoms with van der Waals surface area (Å²) in [6.07, 6.45) is 9.32. The van der Waals surface area contributed by atoms with Crippen LogP contribution in [0.5, 0.6) is 5.75 Å². The Morgan fingerprint density at radius 1 is 0.867 bits per heavy atom. The lowest BCUT2D eigenvalue weighted by atomic mass is 9.68. The van der Waals surface area contributed by atoms with Crippen molar-refractivity contribution in [2.24, 2.45) is 23.7 Å². The predicted molar refractivity (Wildman–Crippen MR) is 112 cm³/mol. The number of ether oxygens (including phenoxy) is 1. The molecule has 1 nitrogen and oxygen atoms in total. The first-order chi connectivity index (χ1) is 14.3. The van der Waals surface area contributed by atoms with Crippen LogP contribution in [0.4, 0.5) is 17.6 Å². The highest BCUT2D eigenvalue weighted by Crippen LogP contribution is 2.46. The summed E-state index contributed by atoms with van der Waals surface area (Å²) in [6, 6.07) is 1.69. The largest absolute Gasteiger partial charge is 0.432 e. The van der Waals surface area contributed by atoms with Crippen molar-refractivity contribution in [2.45, 2.75) is 97.0 Å². The molecule has 0 spiro atoms. The van der Waals surface area contributed by atoms with Gasteiger partial charge >= 0.3 is 6.11 Å². The van der Waals surface area contributed by atoms with Crippen molar-refractivity contribution in [2.75, 3.05) is 0 Å². The molecule has 0 radical (unpaired) electrons. The zero-order valence-electron chi connectivity index (χ0n) is 18.4. The molecule has 2 aliphatic rings. The van der Waals surface area contributed by atoms with Crippen LogP contribution in [0, 0.1) is 42.2 Å². The normalized spacial score (nSPS) is 27.8. The molecule has 0 bridgehead atoms. The standard InChI is InChI=1S/C25H36F4O/c1-3-4-5-6-18-7-9-19(10-8-18)20-11-13-21(14-12-20)25(28,29)30-22-15-23(26)17(2)24(27)16-22/h15-16,18-21H,3-14H2,1-2H3. The number of hydrogen-bond acceptors (Lipinski definition) is 1. The van der Waals surface area contributed by atoms with Gasteiger partial charge in [-0.3, -0.25) is 0 Å². The molecule has 0 heterocycles. The molecular formula is C25H36F4O. The Morgan fingerprint density at radius 3 is 1.93 bits per heavy atom. The molecule has 5 heteroatoms. The van der Waals surface area contributed by atoms with Crippen LogP contribution < -0.4 is 4.74 Å². The molecule has 0 aliphatic heterocycles. The van der Waals surface area contributed by atoms with Gasteiger partial charge in [0.1, 0.15) is 17.4 Å². The maximum Gasteiger partial charge on any atom is 0.400 e. The summed E-state index contributed by atoms with van der Waals surface area (Å²) in [5.74, 6) is -1.01. The smallest absolute Gasteiger partial charge is 0.400 e. The highest BCUT2D eigenvalue weighted by molar-refractivity contribution is 5.30. The maximum atomic E-state index is 14.7.